The van der Waals surface area contributed by atoms with Crippen LogP contribution in [0, 0.1) is 11.8 Å². The normalized spacial score (nSPS) is 32.0. The smallest absolute Gasteiger partial charge is 0.240 e. The highest BCUT2D eigenvalue weighted by molar-refractivity contribution is 5.87. The maximum Gasteiger partial charge on any atom is 0.240 e. The molecule has 3 nitrogen and oxygen atoms in total. The number of nitrogens with one attached hydrogen (secondary N) is 1. The molecule has 2 aliphatic carbocycles. The molecule has 2 aliphatic rings. The van der Waals surface area contributed by atoms with Gasteiger partial charge < -0.3 is 11.1 Å². The number of nitrogens with two attached hydrogens (primary N) is 1. The SMILES string of the molecule is CC(C)C1CCCCC1NC(=O)C1(N)CCC1. The number of carbonyl (C=O) groups excluding carboxylic acids is 1. The van der Waals surface area contributed by atoms with Crippen LogP contribution in [0.2, 0.25) is 0 Å². The Bertz CT molecular complexity index is 284. The van der Waals surface area contributed by atoms with Crippen LogP contribution in [0.1, 0.15) is 58.8 Å². The summed E-state index contributed by atoms with van der Waals surface area (Å²) in [5.41, 5.74) is 5.53. The van der Waals surface area contributed by atoms with Gasteiger partial charge >= 0.3 is 0 Å². The van der Waals surface area contributed by atoms with Crippen molar-refractivity contribution in [3.63, 3.8) is 0 Å². The lowest BCUT2D eigenvalue weighted by atomic mass is 9.74. The lowest BCUT2D eigenvalue weighted by Crippen LogP contribution is -2.61. The van der Waals surface area contributed by atoms with E-state index in [9.17, 15) is 4.79 Å². The molecule has 0 aromatic carbocycles. The van der Waals surface area contributed by atoms with Gasteiger partial charge in [0.2, 0.25) is 5.91 Å². The topological polar surface area (TPSA) is 55.1 Å². The molecule has 2 fully saturated rings. The molecule has 2 atom stereocenters. The van der Waals surface area contributed by atoms with Gasteiger partial charge in [0.05, 0.1) is 5.54 Å². The fourth-order valence-corrected chi connectivity index (χ4v) is 3.23. The molecule has 17 heavy (non-hydrogen) atoms. The molecule has 0 spiro atoms. The van der Waals surface area contributed by atoms with Crippen molar-refractivity contribution in [2.75, 3.05) is 0 Å². The van der Waals surface area contributed by atoms with Crippen LogP contribution in [0.4, 0.5) is 0 Å². The Labute approximate surface area is 105 Å². The van der Waals surface area contributed by atoms with Crippen molar-refractivity contribution in [3.8, 4) is 0 Å². The Morgan fingerprint density at radius 2 is 1.88 bits per heavy atom. The van der Waals surface area contributed by atoms with Crippen molar-refractivity contribution < 1.29 is 4.79 Å². The predicted molar refractivity (Wildman–Crippen MR) is 69.5 cm³/mol. The van der Waals surface area contributed by atoms with Crippen LogP contribution in [-0.2, 0) is 4.79 Å². The zero-order valence-corrected chi connectivity index (χ0v) is 11.2. The highest BCUT2D eigenvalue weighted by atomic mass is 16.2. The zero-order chi connectivity index (χ0) is 12.5. The van der Waals surface area contributed by atoms with Crippen molar-refractivity contribution in [1.29, 1.82) is 0 Å². The van der Waals surface area contributed by atoms with Crippen molar-refractivity contribution in [3.05, 3.63) is 0 Å². The fraction of sp³-hybridized carbons (Fsp3) is 0.929. The molecule has 3 heteroatoms. The van der Waals surface area contributed by atoms with Crippen LogP contribution in [0.15, 0.2) is 0 Å². The summed E-state index contributed by atoms with van der Waals surface area (Å²) in [6.45, 7) is 4.52. The van der Waals surface area contributed by atoms with Gasteiger partial charge in [-0.05, 0) is 43.9 Å². The third kappa shape index (κ3) is 2.65. The summed E-state index contributed by atoms with van der Waals surface area (Å²) in [5.74, 6) is 1.38. The van der Waals surface area contributed by atoms with Crippen LogP contribution in [-0.4, -0.2) is 17.5 Å². The second kappa shape index (κ2) is 4.97. The quantitative estimate of drug-likeness (QED) is 0.792. The summed E-state index contributed by atoms with van der Waals surface area (Å²) in [7, 11) is 0. The average Bonchev–Trinajstić information content (AvgIpc) is 2.26. The average molecular weight is 238 g/mol. The molecule has 0 bridgehead atoms. The van der Waals surface area contributed by atoms with Crippen LogP contribution >= 0.6 is 0 Å². The van der Waals surface area contributed by atoms with Crippen LogP contribution in [0.25, 0.3) is 0 Å². The second-order valence-electron chi connectivity index (χ2n) is 6.28. The number of hydrogen-bond donors (Lipinski definition) is 2. The van der Waals surface area contributed by atoms with E-state index in [1.807, 2.05) is 0 Å². The Morgan fingerprint density at radius 3 is 2.41 bits per heavy atom. The van der Waals surface area contributed by atoms with E-state index in [1.54, 1.807) is 0 Å². The van der Waals surface area contributed by atoms with Crippen molar-refractivity contribution in [2.24, 2.45) is 17.6 Å². The first-order chi connectivity index (χ1) is 8.03. The Balaban J connectivity index is 1.93. The minimum absolute atomic E-state index is 0.0984. The van der Waals surface area contributed by atoms with Gasteiger partial charge in [0.15, 0.2) is 0 Å². The highest BCUT2D eigenvalue weighted by Gasteiger charge is 2.41. The molecule has 2 unspecified atom stereocenters. The van der Waals surface area contributed by atoms with E-state index < -0.39 is 5.54 Å². The number of rotatable bonds is 3. The van der Waals surface area contributed by atoms with Gasteiger partial charge in [0, 0.05) is 6.04 Å². The lowest BCUT2D eigenvalue weighted by Gasteiger charge is -2.41. The van der Waals surface area contributed by atoms with Crippen molar-refractivity contribution >= 4 is 5.91 Å². The lowest BCUT2D eigenvalue weighted by molar-refractivity contribution is -0.130. The van der Waals surface area contributed by atoms with Crippen LogP contribution in [0.5, 0.6) is 0 Å². The molecule has 0 aromatic rings. The van der Waals surface area contributed by atoms with E-state index in [2.05, 4.69) is 19.2 Å². The van der Waals surface area contributed by atoms with Crippen LogP contribution in [0.3, 0.4) is 0 Å². The molecule has 0 radical (unpaired) electrons. The molecule has 98 valence electrons. The first kappa shape index (κ1) is 12.9. The van der Waals surface area contributed by atoms with Crippen LogP contribution < -0.4 is 11.1 Å². The van der Waals surface area contributed by atoms with E-state index in [0.29, 0.717) is 17.9 Å². The summed E-state index contributed by atoms with van der Waals surface area (Å²) in [6.07, 6.45) is 7.75. The first-order valence-electron chi connectivity index (χ1n) is 7.13. The Kier molecular flexibility index (Phi) is 3.76. The monoisotopic (exact) mass is 238 g/mol. The largest absolute Gasteiger partial charge is 0.351 e. The van der Waals surface area contributed by atoms with E-state index in [-0.39, 0.29) is 5.91 Å². The van der Waals surface area contributed by atoms with Gasteiger partial charge in [0.25, 0.3) is 0 Å². The third-order valence-electron chi connectivity index (χ3n) is 4.69. The molecule has 0 heterocycles. The zero-order valence-electron chi connectivity index (χ0n) is 11.2. The molecular formula is C14H26N2O. The minimum atomic E-state index is -0.543. The molecule has 3 N–H and O–H groups in total. The van der Waals surface area contributed by atoms with E-state index >= 15 is 0 Å². The molecule has 2 saturated carbocycles. The number of hydrogen-bond acceptors (Lipinski definition) is 2. The van der Waals surface area contributed by atoms with E-state index in [1.165, 1.54) is 19.3 Å². The van der Waals surface area contributed by atoms with E-state index in [4.69, 9.17) is 5.73 Å². The molecular weight excluding hydrogens is 212 g/mol. The summed E-state index contributed by atoms with van der Waals surface area (Å²) < 4.78 is 0. The Morgan fingerprint density at radius 1 is 1.24 bits per heavy atom. The Hall–Kier alpha value is -0.570. The maximum atomic E-state index is 12.1. The van der Waals surface area contributed by atoms with Gasteiger partial charge in [-0.25, -0.2) is 0 Å². The van der Waals surface area contributed by atoms with Gasteiger partial charge in [-0.3, -0.25) is 4.79 Å². The number of carbonyl (C=O) groups is 1. The van der Waals surface area contributed by atoms with E-state index in [0.717, 1.165) is 25.7 Å². The molecule has 0 aliphatic heterocycles. The van der Waals surface area contributed by atoms with Gasteiger partial charge in [-0.1, -0.05) is 26.7 Å². The summed E-state index contributed by atoms with van der Waals surface area (Å²) in [6, 6.07) is 0.359. The highest BCUT2D eigenvalue weighted by Crippen LogP contribution is 2.33. The molecule has 0 aromatic heterocycles. The van der Waals surface area contributed by atoms with Gasteiger partial charge in [-0.2, -0.15) is 0 Å². The molecule has 0 saturated heterocycles. The minimum Gasteiger partial charge on any atom is -0.351 e. The van der Waals surface area contributed by atoms with Crippen molar-refractivity contribution in [1.82, 2.24) is 5.32 Å². The fourth-order valence-electron chi connectivity index (χ4n) is 3.23. The van der Waals surface area contributed by atoms with Crippen molar-refractivity contribution in [2.45, 2.75) is 70.4 Å². The summed E-state index contributed by atoms with van der Waals surface area (Å²) in [4.78, 5) is 12.1. The summed E-state index contributed by atoms with van der Waals surface area (Å²) >= 11 is 0. The summed E-state index contributed by atoms with van der Waals surface area (Å²) in [5, 5.41) is 3.23. The van der Waals surface area contributed by atoms with Gasteiger partial charge in [-0.15, -0.1) is 0 Å². The predicted octanol–water partition coefficient (Wildman–Crippen LogP) is 2.20. The van der Waals surface area contributed by atoms with Gasteiger partial charge in [0.1, 0.15) is 0 Å². The second-order valence-corrected chi connectivity index (χ2v) is 6.28. The standard InChI is InChI=1S/C14H26N2O/c1-10(2)11-6-3-4-7-12(11)16-13(17)14(15)8-5-9-14/h10-12H,3-9,15H2,1-2H3,(H,16,17). The maximum absolute atomic E-state index is 12.1. The molecule has 2 rings (SSSR count). The third-order valence-corrected chi connectivity index (χ3v) is 4.69. The number of amides is 1. The first-order valence-corrected chi connectivity index (χ1v) is 7.13. The molecule has 1 amide bonds.